The fourth-order valence-electron chi connectivity index (χ4n) is 8.13. The van der Waals surface area contributed by atoms with Gasteiger partial charge in [0.2, 0.25) is 0 Å². The highest BCUT2D eigenvalue weighted by Gasteiger charge is 2.45. The van der Waals surface area contributed by atoms with Crippen LogP contribution < -0.4 is 15.5 Å². The molecule has 8 rings (SSSR count). The third-order valence-electron chi connectivity index (χ3n) is 10.2. The summed E-state index contributed by atoms with van der Waals surface area (Å²) in [6.45, 7) is 4.41. The lowest BCUT2D eigenvalue weighted by atomic mass is 9.85. The lowest BCUT2D eigenvalue weighted by molar-refractivity contribution is 0.280. The fraction of sp³-hybridized carbons (Fsp3) is 0.600. The molecular formula is C30H40N8. The van der Waals surface area contributed by atoms with Crippen LogP contribution in [0.1, 0.15) is 110 Å². The molecule has 1 aromatic carbocycles. The van der Waals surface area contributed by atoms with Gasteiger partial charge in [-0.3, -0.25) is 4.90 Å². The second-order valence-electron chi connectivity index (χ2n) is 12.2. The molecule has 4 N–H and O–H groups in total. The number of piperidine rings is 1. The number of fused-ring (bicyclic) bond motifs is 5. The van der Waals surface area contributed by atoms with Crippen LogP contribution in [0.2, 0.25) is 0 Å². The van der Waals surface area contributed by atoms with E-state index in [0.717, 1.165) is 37.8 Å². The van der Waals surface area contributed by atoms with Gasteiger partial charge in [-0.2, -0.15) is 0 Å². The Balaban J connectivity index is 1.05. The van der Waals surface area contributed by atoms with Gasteiger partial charge in [0.15, 0.2) is 0 Å². The van der Waals surface area contributed by atoms with Crippen LogP contribution in [0.5, 0.6) is 0 Å². The Hall–Kier alpha value is -2.68. The van der Waals surface area contributed by atoms with E-state index < -0.39 is 0 Å². The lowest BCUT2D eigenvalue weighted by Crippen LogP contribution is -2.34. The minimum atomic E-state index is 0.372. The minimum absolute atomic E-state index is 0.372. The molecule has 3 aromatic rings. The second-order valence-corrected chi connectivity index (χ2v) is 12.2. The molecule has 0 spiro atoms. The molecule has 2 aromatic heterocycles. The standard InChI is InChI=1S/C30H40N8/c1-37-24-8-9-25(37)28-26(7-6-19(27(24)28)23-17-34-30(36-23)21-5-3-13-32-21)38-14-10-18(11-15-38)22-16-33-29(35-22)20-4-2-12-31-20/h6-7,16-18,20-21,24-25,31-32H,2-5,8-15H2,1H3,(H,33,35)(H,34,36)/t20?,21-,24?,25?/m0/s1. The Morgan fingerprint density at radius 3 is 2.16 bits per heavy atom. The van der Waals surface area contributed by atoms with Crippen molar-refractivity contribution >= 4 is 5.69 Å². The smallest absolute Gasteiger partial charge is 0.123 e. The van der Waals surface area contributed by atoms with E-state index in [0.29, 0.717) is 30.1 Å². The number of H-pyrrole nitrogens is 2. The zero-order valence-electron chi connectivity index (χ0n) is 22.5. The van der Waals surface area contributed by atoms with Gasteiger partial charge in [0.05, 0.1) is 24.0 Å². The first-order chi connectivity index (χ1) is 18.7. The molecule has 8 nitrogen and oxygen atoms in total. The Bertz CT molecular complexity index is 1310. The van der Waals surface area contributed by atoms with Crippen molar-refractivity contribution in [3.63, 3.8) is 0 Å². The largest absolute Gasteiger partial charge is 0.371 e. The Morgan fingerprint density at radius 2 is 1.45 bits per heavy atom. The van der Waals surface area contributed by atoms with Crippen LogP contribution in [-0.4, -0.2) is 58.1 Å². The quantitative estimate of drug-likeness (QED) is 0.391. The van der Waals surface area contributed by atoms with Gasteiger partial charge in [-0.05, 0) is 88.7 Å². The fourth-order valence-corrected chi connectivity index (χ4v) is 8.13. The maximum absolute atomic E-state index is 4.80. The zero-order valence-corrected chi connectivity index (χ0v) is 22.5. The summed E-state index contributed by atoms with van der Waals surface area (Å²) in [6, 6.07) is 6.64. The number of benzene rings is 1. The number of nitrogens with zero attached hydrogens (tertiary/aromatic N) is 4. The van der Waals surface area contributed by atoms with E-state index in [1.165, 1.54) is 74.0 Å². The number of aromatic amines is 2. The van der Waals surface area contributed by atoms with Crippen molar-refractivity contribution in [2.24, 2.45) is 0 Å². The molecule has 5 aliphatic heterocycles. The van der Waals surface area contributed by atoms with Crippen LogP contribution in [0.15, 0.2) is 24.5 Å². The lowest BCUT2D eigenvalue weighted by Gasteiger charge is -2.36. The molecule has 3 unspecified atom stereocenters. The Morgan fingerprint density at radius 1 is 0.763 bits per heavy atom. The number of aromatic nitrogens is 4. The first kappa shape index (κ1) is 23.2. The number of hydrogen-bond donors (Lipinski definition) is 4. The van der Waals surface area contributed by atoms with Crippen molar-refractivity contribution in [2.45, 2.75) is 81.5 Å². The van der Waals surface area contributed by atoms with Gasteiger partial charge in [0.1, 0.15) is 11.6 Å². The van der Waals surface area contributed by atoms with Crippen LogP contribution in [0.25, 0.3) is 11.3 Å². The van der Waals surface area contributed by atoms with E-state index in [4.69, 9.17) is 9.97 Å². The highest BCUT2D eigenvalue weighted by atomic mass is 15.2. The molecule has 0 amide bonds. The van der Waals surface area contributed by atoms with Crippen LogP contribution in [0.4, 0.5) is 5.69 Å². The highest BCUT2D eigenvalue weighted by Crippen LogP contribution is 2.57. The molecule has 4 saturated heterocycles. The number of nitrogens with one attached hydrogen (secondary N) is 4. The van der Waals surface area contributed by atoms with Crippen LogP contribution in [0.3, 0.4) is 0 Å². The van der Waals surface area contributed by atoms with Gasteiger partial charge < -0.3 is 25.5 Å². The molecule has 8 heteroatoms. The van der Waals surface area contributed by atoms with E-state index in [2.05, 4.69) is 62.0 Å². The summed E-state index contributed by atoms with van der Waals surface area (Å²) in [5.74, 6) is 2.81. The predicted octanol–water partition coefficient (Wildman–Crippen LogP) is 4.85. The van der Waals surface area contributed by atoms with Gasteiger partial charge in [-0.15, -0.1) is 0 Å². The molecule has 0 aliphatic carbocycles. The number of rotatable bonds is 5. The maximum atomic E-state index is 4.80. The molecule has 0 radical (unpaired) electrons. The number of anilines is 1. The minimum Gasteiger partial charge on any atom is -0.371 e. The van der Waals surface area contributed by atoms with E-state index >= 15 is 0 Å². The molecule has 200 valence electrons. The SMILES string of the molecule is CN1C2CCC1c1c(N3CCC(c4cnc(C5CCCN5)[nH]4)CC3)ccc(-c3cnc([C@@H]4CCCN4)[nH]3)c12. The Kier molecular flexibility index (Phi) is 5.63. The van der Waals surface area contributed by atoms with Gasteiger partial charge in [0.25, 0.3) is 0 Å². The third-order valence-corrected chi connectivity index (χ3v) is 10.2. The van der Waals surface area contributed by atoms with Crippen molar-refractivity contribution in [1.82, 2.24) is 35.5 Å². The third kappa shape index (κ3) is 3.67. The number of hydrogen-bond acceptors (Lipinski definition) is 6. The predicted molar refractivity (Wildman–Crippen MR) is 149 cm³/mol. The summed E-state index contributed by atoms with van der Waals surface area (Å²) in [7, 11) is 2.33. The molecule has 38 heavy (non-hydrogen) atoms. The van der Waals surface area contributed by atoms with Gasteiger partial charge >= 0.3 is 0 Å². The van der Waals surface area contributed by atoms with E-state index in [9.17, 15) is 0 Å². The topological polar surface area (TPSA) is 87.9 Å². The first-order valence-corrected chi connectivity index (χ1v) is 14.9. The maximum Gasteiger partial charge on any atom is 0.123 e. The summed E-state index contributed by atoms with van der Waals surface area (Å²) in [4.78, 5) is 22.2. The molecule has 7 heterocycles. The van der Waals surface area contributed by atoms with Crippen molar-refractivity contribution in [2.75, 3.05) is 38.1 Å². The monoisotopic (exact) mass is 512 g/mol. The normalized spacial score (nSPS) is 29.6. The van der Waals surface area contributed by atoms with Crippen molar-refractivity contribution in [1.29, 1.82) is 0 Å². The molecule has 4 atom stereocenters. The van der Waals surface area contributed by atoms with Crippen LogP contribution >= 0.6 is 0 Å². The summed E-state index contributed by atoms with van der Waals surface area (Å²) >= 11 is 0. The second kappa shape index (κ2) is 9.21. The zero-order chi connectivity index (χ0) is 25.2. The Labute approximate surface area is 225 Å². The van der Waals surface area contributed by atoms with Crippen molar-refractivity contribution in [3.8, 4) is 11.3 Å². The highest BCUT2D eigenvalue weighted by molar-refractivity contribution is 5.75. The summed E-state index contributed by atoms with van der Waals surface area (Å²) in [5, 5.41) is 7.16. The van der Waals surface area contributed by atoms with Gasteiger partial charge in [-0.25, -0.2) is 9.97 Å². The van der Waals surface area contributed by atoms with E-state index in [-0.39, 0.29) is 0 Å². The molecule has 2 bridgehead atoms. The van der Waals surface area contributed by atoms with Crippen molar-refractivity contribution in [3.05, 3.63) is 53.0 Å². The van der Waals surface area contributed by atoms with Crippen molar-refractivity contribution < 1.29 is 0 Å². The van der Waals surface area contributed by atoms with E-state index in [1.807, 2.05) is 0 Å². The molecule has 0 saturated carbocycles. The summed E-state index contributed by atoms with van der Waals surface area (Å²) < 4.78 is 0. The van der Waals surface area contributed by atoms with Crippen LogP contribution in [0, 0.1) is 0 Å². The summed E-state index contributed by atoms with van der Waals surface area (Å²) in [5.41, 5.74) is 8.49. The average Bonchev–Trinajstić information content (AvgIpc) is 3.80. The number of imidazole rings is 2. The van der Waals surface area contributed by atoms with Crippen LogP contribution in [-0.2, 0) is 0 Å². The van der Waals surface area contributed by atoms with E-state index in [1.54, 1.807) is 11.1 Å². The average molecular weight is 513 g/mol. The van der Waals surface area contributed by atoms with Gasteiger partial charge in [-0.1, -0.05) is 6.07 Å². The molecule has 5 aliphatic rings. The molecular weight excluding hydrogens is 472 g/mol. The van der Waals surface area contributed by atoms with Gasteiger partial charge in [0, 0.05) is 54.2 Å². The summed E-state index contributed by atoms with van der Waals surface area (Å²) in [6.07, 6.45) is 13.9. The molecule has 4 fully saturated rings. The first-order valence-electron chi connectivity index (χ1n) is 14.9.